The van der Waals surface area contributed by atoms with Gasteiger partial charge in [0.05, 0.1) is 10.4 Å². The first-order valence-corrected chi connectivity index (χ1v) is 14.1. The van der Waals surface area contributed by atoms with Gasteiger partial charge in [-0.15, -0.1) is 0 Å². The molecule has 5 heteroatoms. The second kappa shape index (κ2) is 9.60. The summed E-state index contributed by atoms with van der Waals surface area (Å²) in [5.41, 5.74) is 6.51. The first-order valence-electron chi connectivity index (χ1n) is 12.6. The van der Waals surface area contributed by atoms with Crippen LogP contribution in [-0.2, 0) is 16.4 Å². The number of fused-ring (bicyclic) bond motifs is 2. The molecule has 1 heterocycles. The molecule has 0 saturated heterocycles. The fourth-order valence-corrected chi connectivity index (χ4v) is 6.67. The summed E-state index contributed by atoms with van der Waals surface area (Å²) in [5, 5.41) is 13.0. The van der Waals surface area contributed by atoms with Crippen LogP contribution in [0, 0.1) is 6.92 Å². The van der Waals surface area contributed by atoms with E-state index < -0.39 is 10.0 Å². The van der Waals surface area contributed by atoms with Gasteiger partial charge < -0.3 is 5.11 Å². The lowest BCUT2D eigenvalue weighted by molar-refractivity contribution is 0.300. The molecule has 38 heavy (non-hydrogen) atoms. The molecular weight excluding hydrogens is 490 g/mol. The van der Waals surface area contributed by atoms with E-state index in [4.69, 9.17) is 0 Å². The van der Waals surface area contributed by atoms with Crippen LogP contribution in [0.5, 0.6) is 0 Å². The molecule has 0 aliphatic heterocycles. The quantitative estimate of drug-likeness (QED) is 0.254. The van der Waals surface area contributed by atoms with E-state index in [-0.39, 0.29) is 11.5 Å². The van der Waals surface area contributed by atoms with Gasteiger partial charge in [-0.25, -0.2) is 12.4 Å². The van der Waals surface area contributed by atoms with Crippen LogP contribution >= 0.6 is 0 Å². The predicted octanol–water partition coefficient (Wildman–Crippen LogP) is 7.21. The molecule has 0 atom stereocenters. The van der Waals surface area contributed by atoms with Crippen molar-refractivity contribution in [2.75, 3.05) is 6.61 Å². The molecular formula is C33H27NO3S. The van der Waals surface area contributed by atoms with Crippen molar-refractivity contribution in [3.8, 4) is 22.3 Å². The maximum atomic E-state index is 13.8. The minimum Gasteiger partial charge on any atom is -0.396 e. The van der Waals surface area contributed by atoms with E-state index >= 15 is 0 Å². The van der Waals surface area contributed by atoms with Gasteiger partial charge >= 0.3 is 0 Å². The van der Waals surface area contributed by atoms with Gasteiger partial charge in [-0.1, -0.05) is 90.5 Å². The maximum Gasteiger partial charge on any atom is 0.268 e. The molecule has 1 aromatic heterocycles. The van der Waals surface area contributed by atoms with Gasteiger partial charge in [-0.2, -0.15) is 0 Å². The molecule has 0 unspecified atom stereocenters. The van der Waals surface area contributed by atoms with E-state index in [1.165, 1.54) is 3.97 Å². The van der Waals surface area contributed by atoms with E-state index in [1.807, 2.05) is 73.7 Å². The Morgan fingerprint density at radius 3 is 2.03 bits per heavy atom. The molecule has 0 radical (unpaired) electrons. The van der Waals surface area contributed by atoms with E-state index in [0.717, 1.165) is 49.5 Å². The SMILES string of the molecule is Cc1ccc(S(=O)(=O)n2cc(-c3cc(-c4ccccc4)c4ccccc4c3CCO)c3ccccc32)cc1. The van der Waals surface area contributed by atoms with Gasteiger partial charge in [0.15, 0.2) is 0 Å². The lowest BCUT2D eigenvalue weighted by Gasteiger charge is -2.17. The number of aryl methyl sites for hydroxylation is 1. The second-order valence-electron chi connectivity index (χ2n) is 9.51. The van der Waals surface area contributed by atoms with Gasteiger partial charge in [0.25, 0.3) is 10.0 Å². The van der Waals surface area contributed by atoms with Crippen LogP contribution in [0.15, 0.2) is 120 Å². The first-order chi connectivity index (χ1) is 18.5. The molecule has 0 aliphatic rings. The number of rotatable bonds is 6. The highest BCUT2D eigenvalue weighted by atomic mass is 32.2. The van der Waals surface area contributed by atoms with E-state index in [1.54, 1.807) is 18.3 Å². The number of hydrogen-bond donors (Lipinski definition) is 1. The third kappa shape index (κ3) is 4.01. The van der Waals surface area contributed by atoms with Crippen LogP contribution in [0.25, 0.3) is 43.9 Å². The monoisotopic (exact) mass is 517 g/mol. The summed E-state index contributed by atoms with van der Waals surface area (Å²) in [6.45, 7) is 1.92. The van der Waals surface area contributed by atoms with Crippen molar-refractivity contribution in [2.45, 2.75) is 18.2 Å². The highest BCUT2D eigenvalue weighted by molar-refractivity contribution is 7.90. The zero-order valence-electron chi connectivity index (χ0n) is 21.0. The Labute approximate surface area is 222 Å². The molecule has 0 bridgehead atoms. The van der Waals surface area contributed by atoms with E-state index in [0.29, 0.717) is 11.9 Å². The number of aliphatic hydroxyl groups excluding tert-OH is 1. The van der Waals surface area contributed by atoms with Gasteiger partial charge in [-0.05, 0) is 70.6 Å². The average molecular weight is 518 g/mol. The molecule has 0 aliphatic carbocycles. The number of benzene rings is 5. The van der Waals surface area contributed by atoms with Crippen LogP contribution in [-0.4, -0.2) is 24.1 Å². The fourth-order valence-electron chi connectivity index (χ4n) is 5.30. The summed E-state index contributed by atoms with van der Waals surface area (Å²) in [6.07, 6.45) is 2.19. The normalized spacial score (nSPS) is 11.8. The zero-order chi connectivity index (χ0) is 26.3. The summed E-state index contributed by atoms with van der Waals surface area (Å²) in [6, 6.07) is 35.1. The topological polar surface area (TPSA) is 59.3 Å². The molecule has 0 amide bonds. The van der Waals surface area contributed by atoms with Crippen molar-refractivity contribution in [3.63, 3.8) is 0 Å². The molecule has 5 aromatic carbocycles. The van der Waals surface area contributed by atoms with Crippen molar-refractivity contribution in [3.05, 3.63) is 127 Å². The van der Waals surface area contributed by atoms with Crippen molar-refractivity contribution >= 4 is 31.7 Å². The van der Waals surface area contributed by atoms with Gasteiger partial charge in [0, 0.05) is 23.8 Å². The predicted molar refractivity (Wildman–Crippen MR) is 155 cm³/mol. The minimum absolute atomic E-state index is 0.0119. The smallest absolute Gasteiger partial charge is 0.268 e. The summed E-state index contributed by atoms with van der Waals surface area (Å²) in [4.78, 5) is 0.245. The Balaban J connectivity index is 1.68. The standard InChI is InChI=1S/C33H27NO3S/c1-23-15-17-25(18-16-23)38(36,37)34-22-32(29-13-7-8-14-33(29)34)31-21-30(24-9-3-2-4-10-24)27-12-6-5-11-26(27)28(31)19-20-35/h2-18,21-22,35H,19-20H2,1H3. The highest BCUT2D eigenvalue weighted by Gasteiger charge is 2.24. The van der Waals surface area contributed by atoms with Gasteiger partial charge in [-0.3, -0.25) is 0 Å². The maximum absolute atomic E-state index is 13.8. The Morgan fingerprint density at radius 1 is 0.684 bits per heavy atom. The molecule has 4 nitrogen and oxygen atoms in total. The summed E-state index contributed by atoms with van der Waals surface area (Å²) in [7, 11) is -3.83. The lowest BCUT2D eigenvalue weighted by atomic mass is 9.87. The Bertz CT molecular complexity index is 1890. The molecule has 6 aromatic rings. The number of aliphatic hydroxyl groups is 1. The van der Waals surface area contributed by atoms with Gasteiger partial charge in [0.1, 0.15) is 0 Å². The van der Waals surface area contributed by atoms with Crippen molar-refractivity contribution in [1.82, 2.24) is 3.97 Å². The van der Waals surface area contributed by atoms with Crippen molar-refractivity contribution < 1.29 is 13.5 Å². The number of para-hydroxylation sites is 1. The zero-order valence-corrected chi connectivity index (χ0v) is 21.8. The van der Waals surface area contributed by atoms with Crippen LogP contribution in [0.4, 0.5) is 0 Å². The summed E-state index contributed by atoms with van der Waals surface area (Å²) in [5.74, 6) is 0. The first kappa shape index (κ1) is 24.2. The molecule has 0 saturated carbocycles. The van der Waals surface area contributed by atoms with Gasteiger partial charge in [0.2, 0.25) is 0 Å². The Kier molecular flexibility index (Phi) is 6.10. The van der Waals surface area contributed by atoms with Crippen LogP contribution in [0.1, 0.15) is 11.1 Å². The number of nitrogens with zero attached hydrogens (tertiary/aromatic N) is 1. The van der Waals surface area contributed by atoms with Crippen LogP contribution in [0.2, 0.25) is 0 Å². The van der Waals surface area contributed by atoms with Crippen molar-refractivity contribution in [1.29, 1.82) is 0 Å². The molecule has 0 spiro atoms. The average Bonchev–Trinajstić information content (AvgIpc) is 3.34. The molecule has 188 valence electrons. The fraction of sp³-hybridized carbons (Fsp3) is 0.0909. The summed E-state index contributed by atoms with van der Waals surface area (Å²) < 4.78 is 29.1. The number of hydrogen-bond acceptors (Lipinski definition) is 3. The van der Waals surface area contributed by atoms with Crippen LogP contribution in [0.3, 0.4) is 0 Å². The third-order valence-corrected chi connectivity index (χ3v) is 8.84. The molecule has 6 rings (SSSR count). The molecule has 1 N–H and O–H groups in total. The lowest BCUT2D eigenvalue weighted by Crippen LogP contribution is -2.11. The second-order valence-corrected chi connectivity index (χ2v) is 11.3. The van der Waals surface area contributed by atoms with E-state index in [2.05, 4.69) is 30.3 Å². The minimum atomic E-state index is -3.83. The van der Waals surface area contributed by atoms with Crippen molar-refractivity contribution in [2.24, 2.45) is 0 Å². The Hall–Kier alpha value is -4.19. The largest absolute Gasteiger partial charge is 0.396 e. The summed E-state index contributed by atoms with van der Waals surface area (Å²) >= 11 is 0. The number of aromatic nitrogens is 1. The Morgan fingerprint density at radius 2 is 1.32 bits per heavy atom. The molecule has 0 fully saturated rings. The highest BCUT2D eigenvalue weighted by Crippen LogP contribution is 2.41. The van der Waals surface area contributed by atoms with Crippen LogP contribution < -0.4 is 0 Å². The van der Waals surface area contributed by atoms with E-state index in [9.17, 15) is 13.5 Å². The third-order valence-electron chi connectivity index (χ3n) is 7.15.